The Labute approximate surface area is 137 Å². The molecule has 0 spiro atoms. The predicted molar refractivity (Wildman–Crippen MR) is 86.5 cm³/mol. The molecule has 2 aliphatic heterocycles. The van der Waals surface area contributed by atoms with Gasteiger partial charge in [0.15, 0.2) is 0 Å². The number of carbonyl (C=O) groups is 2. The highest BCUT2D eigenvalue weighted by Crippen LogP contribution is 2.25. The molecule has 5 heteroatoms. The molecule has 1 aromatic rings. The Morgan fingerprint density at radius 1 is 1.26 bits per heavy atom. The number of benzene rings is 1. The quantitative estimate of drug-likeness (QED) is 0.859. The number of rotatable bonds is 4. The first-order valence-corrected chi connectivity index (χ1v) is 8.39. The van der Waals surface area contributed by atoms with Gasteiger partial charge < -0.3 is 10.1 Å². The zero-order chi connectivity index (χ0) is 16.2. The van der Waals surface area contributed by atoms with Gasteiger partial charge in [-0.05, 0) is 38.4 Å². The number of ether oxygens (including phenoxy) is 1. The molecule has 1 aromatic carbocycles. The van der Waals surface area contributed by atoms with Crippen LogP contribution in [0.25, 0.3) is 0 Å². The van der Waals surface area contributed by atoms with Crippen molar-refractivity contribution in [1.82, 2.24) is 10.2 Å². The first-order chi connectivity index (χ1) is 11.1. The number of nitrogens with zero attached hydrogens (tertiary/aromatic N) is 1. The van der Waals surface area contributed by atoms with Gasteiger partial charge in [0.05, 0.1) is 0 Å². The highest BCUT2D eigenvalue weighted by molar-refractivity contribution is 5.79. The minimum Gasteiger partial charge on any atom is -0.461 e. The Kier molecular flexibility index (Phi) is 4.96. The molecule has 2 aliphatic rings. The number of nitrogens with one attached hydrogen (secondary N) is 1. The maximum atomic E-state index is 12.3. The summed E-state index contributed by atoms with van der Waals surface area (Å²) < 4.78 is 5.23. The van der Waals surface area contributed by atoms with Gasteiger partial charge >= 0.3 is 5.97 Å². The topological polar surface area (TPSA) is 58.6 Å². The van der Waals surface area contributed by atoms with Crippen molar-refractivity contribution >= 4 is 11.9 Å². The molecule has 1 amide bonds. The van der Waals surface area contributed by atoms with Crippen LogP contribution >= 0.6 is 0 Å². The van der Waals surface area contributed by atoms with Crippen molar-refractivity contribution in [2.75, 3.05) is 13.1 Å². The Morgan fingerprint density at radius 3 is 2.57 bits per heavy atom. The molecule has 2 saturated heterocycles. The van der Waals surface area contributed by atoms with Crippen molar-refractivity contribution in [3.63, 3.8) is 0 Å². The number of piperidine rings is 1. The number of hydrogen-bond donors (Lipinski definition) is 1. The molecule has 2 fully saturated rings. The molecule has 0 bridgehead atoms. The van der Waals surface area contributed by atoms with E-state index in [4.69, 9.17) is 4.74 Å². The van der Waals surface area contributed by atoms with Crippen LogP contribution in [0.3, 0.4) is 0 Å². The summed E-state index contributed by atoms with van der Waals surface area (Å²) in [4.78, 5) is 26.3. The first kappa shape index (κ1) is 16.0. The zero-order valence-electron chi connectivity index (χ0n) is 13.5. The summed E-state index contributed by atoms with van der Waals surface area (Å²) in [5.74, 6) is 0.0603. The lowest BCUT2D eigenvalue weighted by Crippen LogP contribution is -2.46. The molecule has 1 N–H and O–H groups in total. The van der Waals surface area contributed by atoms with E-state index in [2.05, 4.69) is 10.2 Å². The van der Waals surface area contributed by atoms with E-state index >= 15 is 0 Å². The third-order valence-electron chi connectivity index (χ3n) is 4.80. The Balaban J connectivity index is 1.45. The van der Waals surface area contributed by atoms with Gasteiger partial charge in [-0.2, -0.15) is 0 Å². The molecule has 2 heterocycles. The van der Waals surface area contributed by atoms with Gasteiger partial charge in [0, 0.05) is 18.9 Å². The third-order valence-corrected chi connectivity index (χ3v) is 4.80. The summed E-state index contributed by atoms with van der Waals surface area (Å²) in [7, 11) is 0. The van der Waals surface area contributed by atoms with Crippen LogP contribution in [-0.2, 0) is 20.9 Å². The standard InChI is InChI=1S/C18H24N2O3/c1-13-11-16(18(22)23-13)20-9-7-15(8-10-20)17(21)19-12-14-5-3-2-4-6-14/h2-6,13,15-16H,7-12H2,1H3,(H,19,21). The highest BCUT2D eigenvalue weighted by atomic mass is 16.6. The third kappa shape index (κ3) is 3.91. The molecule has 0 aliphatic carbocycles. The molecule has 124 valence electrons. The molecule has 0 saturated carbocycles. The van der Waals surface area contributed by atoms with Gasteiger partial charge in [-0.25, -0.2) is 0 Å². The second-order valence-corrected chi connectivity index (χ2v) is 6.51. The molecular formula is C18H24N2O3. The van der Waals surface area contributed by atoms with Crippen LogP contribution in [0.5, 0.6) is 0 Å². The van der Waals surface area contributed by atoms with Crippen LogP contribution in [0.2, 0.25) is 0 Å². The first-order valence-electron chi connectivity index (χ1n) is 8.39. The van der Waals surface area contributed by atoms with Crippen LogP contribution in [0, 0.1) is 5.92 Å². The largest absolute Gasteiger partial charge is 0.461 e. The minimum atomic E-state index is -0.113. The van der Waals surface area contributed by atoms with Gasteiger partial charge in [0.1, 0.15) is 12.1 Å². The lowest BCUT2D eigenvalue weighted by atomic mass is 9.94. The summed E-state index contributed by atoms with van der Waals surface area (Å²) in [6, 6.07) is 9.82. The Morgan fingerprint density at radius 2 is 1.96 bits per heavy atom. The number of esters is 1. The van der Waals surface area contributed by atoms with Crippen LogP contribution in [0.1, 0.15) is 31.7 Å². The molecule has 0 radical (unpaired) electrons. The van der Waals surface area contributed by atoms with Crippen molar-refractivity contribution in [3.8, 4) is 0 Å². The monoisotopic (exact) mass is 316 g/mol. The van der Waals surface area contributed by atoms with Gasteiger partial charge in [0.25, 0.3) is 0 Å². The van der Waals surface area contributed by atoms with E-state index in [9.17, 15) is 9.59 Å². The van der Waals surface area contributed by atoms with Crippen LogP contribution in [0.4, 0.5) is 0 Å². The van der Waals surface area contributed by atoms with Crippen molar-refractivity contribution in [3.05, 3.63) is 35.9 Å². The van der Waals surface area contributed by atoms with E-state index in [1.165, 1.54) is 0 Å². The Hall–Kier alpha value is -1.88. The van der Waals surface area contributed by atoms with Crippen molar-refractivity contribution in [1.29, 1.82) is 0 Å². The predicted octanol–water partition coefficient (Wildman–Crippen LogP) is 1.72. The van der Waals surface area contributed by atoms with E-state index in [-0.39, 0.29) is 29.9 Å². The Bertz CT molecular complexity index is 553. The van der Waals surface area contributed by atoms with Gasteiger partial charge in [-0.3, -0.25) is 14.5 Å². The van der Waals surface area contributed by atoms with Crippen LogP contribution < -0.4 is 5.32 Å². The van der Waals surface area contributed by atoms with Gasteiger partial charge in [-0.15, -0.1) is 0 Å². The fourth-order valence-electron chi connectivity index (χ4n) is 3.44. The zero-order valence-corrected chi connectivity index (χ0v) is 13.5. The molecule has 3 rings (SSSR count). The maximum absolute atomic E-state index is 12.3. The molecule has 5 nitrogen and oxygen atoms in total. The minimum absolute atomic E-state index is 0.0133. The summed E-state index contributed by atoms with van der Waals surface area (Å²) in [5.41, 5.74) is 1.11. The maximum Gasteiger partial charge on any atom is 0.323 e. The summed E-state index contributed by atoms with van der Waals surface area (Å²) in [6.45, 7) is 4.08. The highest BCUT2D eigenvalue weighted by Gasteiger charge is 2.38. The number of amides is 1. The number of carbonyl (C=O) groups excluding carboxylic acids is 2. The van der Waals surface area contributed by atoms with Crippen molar-refractivity contribution < 1.29 is 14.3 Å². The normalized spacial score (nSPS) is 26.0. The molecule has 23 heavy (non-hydrogen) atoms. The fraction of sp³-hybridized carbons (Fsp3) is 0.556. The van der Waals surface area contributed by atoms with Crippen LogP contribution in [0.15, 0.2) is 30.3 Å². The van der Waals surface area contributed by atoms with E-state index in [1.54, 1.807) is 0 Å². The van der Waals surface area contributed by atoms with Gasteiger partial charge in [-0.1, -0.05) is 30.3 Å². The fourth-order valence-corrected chi connectivity index (χ4v) is 3.44. The molecule has 0 aromatic heterocycles. The summed E-state index contributed by atoms with van der Waals surface area (Å²) >= 11 is 0. The number of hydrogen-bond acceptors (Lipinski definition) is 4. The molecular weight excluding hydrogens is 292 g/mol. The summed E-state index contributed by atoms with van der Waals surface area (Å²) in [6.07, 6.45) is 2.39. The second kappa shape index (κ2) is 7.13. The number of cyclic esters (lactones) is 1. The molecule has 2 atom stereocenters. The lowest BCUT2D eigenvalue weighted by molar-refractivity contribution is -0.145. The van der Waals surface area contributed by atoms with E-state index < -0.39 is 0 Å². The van der Waals surface area contributed by atoms with Crippen LogP contribution in [-0.4, -0.2) is 42.0 Å². The lowest BCUT2D eigenvalue weighted by Gasteiger charge is -2.33. The van der Waals surface area contributed by atoms with E-state index in [0.717, 1.165) is 37.9 Å². The van der Waals surface area contributed by atoms with E-state index in [0.29, 0.717) is 6.54 Å². The second-order valence-electron chi connectivity index (χ2n) is 6.51. The number of likely N-dealkylation sites (tertiary alicyclic amines) is 1. The van der Waals surface area contributed by atoms with Crippen molar-refractivity contribution in [2.24, 2.45) is 5.92 Å². The summed E-state index contributed by atoms with van der Waals surface area (Å²) in [5, 5.41) is 3.02. The van der Waals surface area contributed by atoms with E-state index in [1.807, 2.05) is 37.3 Å². The average Bonchev–Trinajstić information content (AvgIpc) is 2.92. The average molecular weight is 316 g/mol. The SMILES string of the molecule is CC1CC(N2CCC(C(=O)NCc3ccccc3)CC2)C(=O)O1. The van der Waals surface area contributed by atoms with Gasteiger partial charge in [0.2, 0.25) is 5.91 Å². The van der Waals surface area contributed by atoms with Crippen molar-refractivity contribution in [2.45, 2.75) is 44.9 Å². The smallest absolute Gasteiger partial charge is 0.323 e. The molecule has 2 unspecified atom stereocenters.